The monoisotopic (exact) mass is 458 g/mol. The number of imidazole rings is 1. The predicted octanol–water partition coefficient (Wildman–Crippen LogP) is 3.84. The van der Waals surface area contributed by atoms with E-state index in [1.54, 1.807) is 17.5 Å². The molecule has 0 unspecified atom stereocenters. The van der Waals surface area contributed by atoms with Crippen molar-refractivity contribution in [1.82, 2.24) is 25.5 Å². The molecule has 0 spiro atoms. The van der Waals surface area contributed by atoms with Crippen LogP contribution in [0.5, 0.6) is 0 Å². The zero-order chi connectivity index (χ0) is 16.2. The molecule has 0 aliphatic carbocycles. The van der Waals surface area contributed by atoms with E-state index in [2.05, 4.69) is 69.6 Å². The van der Waals surface area contributed by atoms with Crippen molar-refractivity contribution in [2.45, 2.75) is 19.9 Å². The van der Waals surface area contributed by atoms with Gasteiger partial charge in [-0.2, -0.15) is 10.1 Å². The molecule has 3 rings (SSSR count). The molecule has 0 saturated heterocycles. The maximum absolute atomic E-state index is 4.33. The summed E-state index contributed by atoms with van der Waals surface area (Å²) in [5.74, 6) is 0.738. The number of H-pyrrole nitrogens is 1. The fraction of sp³-hybridized carbons (Fsp3) is 0.357. The molecule has 0 aromatic carbocycles. The lowest BCUT2D eigenvalue weighted by atomic mass is 10.3. The number of hydrogen-bond acceptors (Lipinski definition) is 6. The van der Waals surface area contributed by atoms with Gasteiger partial charge in [-0.05, 0) is 63.4 Å². The van der Waals surface area contributed by atoms with Crippen LogP contribution in [0.3, 0.4) is 0 Å². The average Bonchev–Trinajstić information content (AvgIpc) is 3.07. The normalized spacial score (nSPS) is 11.3. The smallest absolute Gasteiger partial charge is 0.202 e. The van der Waals surface area contributed by atoms with Gasteiger partial charge in [0.25, 0.3) is 0 Å². The van der Waals surface area contributed by atoms with Crippen molar-refractivity contribution in [3.8, 4) is 0 Å². The first-order valence-electron chi connectivity index (χ1n) is 7.20. The van der Waals surface area contributed by atoms with Gasteiger partial charge < -0.3 is 15.6 Å². The number of nitrogens with one attached hydrogen (secondary N) is 3. The molecule has 3 aromatic rings. The summed E-state index contributed by atoms with van der Waals surface area (Å²) in [5.41, 5.74) is 2.83. The van der Waals surface area contributed by atoms with Gasteiger partial charge in [0.1, 0.15) is 0 Å². The topological polar surface area (TPSA) is 78.5 Å². The summed E-state index contributed by atoms with van der Waals surface area (Å²) in [5, 5.41) is 14.5. The number of fused-ring (bicyclic) bond motifs is 1. The van der Waals surface area contributed by atoms with Gasteiger partial charge in [-0.25, -0.2) is 0 Å². The number of thiophene rings is 1. The van der Waals surface area contributed by atoms with Crippen molar-refractivity contribution in [2.24, 2.45) is 0 Å². The molecule has 0 bridgehead atoms. The summed E-state index contributed by atoms with van der Waals surface area (Å²) in [7, 11) is 0. The van der Waals surface area contributed by atoms with E-state index in [-0.39, 0.29) is 0 Å². The van der Waals surface area contributed by atoms with Crippen molar-refractivity contribution in [2.75, 3.05) is 18.4 Å². The SMILES string of the molecule is Cc1c(CNCCCNc2nc3nnccc3[nH]2)sc(Br)c1Br. The van der Waals surface area contributed by atoms with Crippen molar-refractivity contribution in [1.29, 1.82) is 0 Å². The van der Waals surface area contributed by atoms with Crippen LogP contribution in [-0.2, 0) is 6.54 Å². The summed E-state index contributed by atoms with van der Waals surface area (Å²) in [6.45, 7) is 4.81. The van der Waals surface area contributed by atoms with Crippen LogP contribution in [0, 0.1) is 6.92 Å². The standard InChI is InChI=1S/C14H16Br2N6S/c1-8-10(23-12(16)11(8)15)7-17-4-2-5-18-14-20-9-3-6-19-22-13(9)21-14/h3,6,17H,2,4-5,7H2,1H3,(H2,18,20,21,22). The van der Waals surface area contributed by atoms with Gasteiger partial charge >= 0.3 is 0 Å². The summed E-state index contributed by atoms with van der Waals surface area (Å²) in [6, 6.07) is 1.86. The van der Waals surface area contributed by atoms with Crippen LogP contribution < -0.4 is 10.6 Å². The molecule has 0 amide bonds. The number of aromatic nitrogens is 4. The Morgan fingerprint density at radius 1 is 1.30 bits per heavy atom. The molecule has 6 nitrogen and oxygen atoms in total. The highest BCUT2D eigenvalue weighted by Crippen LogP contribution is 2.36. The Kier molecular flexibility index (Phi) is 5.62. The minimum Gasteiger partial charge on any atom is -0.356 e. The van der Waals surface area contributed by atoms with Crippen LogP contribution in [0.15, 0.2) is 20.5 Å². The van der Waals surface area contributed by atoms with Crippen LogP contribution >= 0.6 is 43.2 Å². The highest BCUT2D eigenvalue weighted by molar-refractivity contribution is 9.13. The summed E-state index contributed by atoms with van der Waals surface area (Å²) in [4.78, 5) is 8.86. The third-order valence-electron chi connectivity index (χ3n) is 3.41. The first kappa shape index (κ1) is 16.8. The van der Waals surface area contributed by atoms with E-state index >= 15 is 0 Å². The van der Waals surface area contributed by atoms with Crippen molar-refractivity contribution < 1.29 is 0 Å². The molecular weight excluding hydrogens is 444 g/mol. The fourth-order valence-corrected chi connectivity index (χ4v) is 4.52. The highest BCUT2D eigenvalue weighted by atomic mass is 79.9. The van der Waals surface area contributed by atoms with Crippen LogP contribution in [0.4, 0.5) is 5.95 Å². The van der Waals surface area contributed by atoms with Crippen LogP contribution in [0.25, 0.3) is 11.2 Å². The number of halogens is 2. The van der Waals surface area contributed by atoms with Gasteiger partial charge in [0.2, 0.25) is 11.6 Å². The van der Waals surface area contributed by atoms with E-state index in [0.717, 1.165) is 45.8 Å². The molecule has 3 heterocycles. The molecule has 23 heavy (non-hydrogen) atoms. The summed E-state index contributed by atoms with van der Waals surface area (Å²) in [6.07, 6.45) is 2.66. The van der Waals surface area contributed by atoms with Gasteiger partial charge in [0.15, 0.2) is 0 Å². The third-order valence-corrected chi connectivity index (χ3v) is 7.16. The van der Waals surface area contributed by atoms with Gasteiger partial charge in [-0.15, -0.1) is 16.4 Å². The van der Waals surface area contributed by atoms with Gasteiger partial charge in [-0.1, -0.05) is 0 Å². The van der Waals surface area contributed by atoms with E-state index < -0.39 is 0 Å². The quantitative estimate of drug-likeness (QED) is 0.468. The number of aromatic amines is 1. The number of rotatable bonds is 7. The highest BCUT2D eigenvalue weighted by Gasteiger charge is 2.10. The first-order valence-corrected chi connectivity index (χ1v) is 9.60. The van der Waals surface area contributed by atoms with Gasteiger partial charge in [0.05, 0.1) is 15.5 Å². The predicted molar refractivity (Wildman–Crippen MR) is 101 cm³/mol. The zero-order valence-electron chi connectivity index (χ0n) is 12.5. The van der Waals surface area contributed by atoms with Crippen LogP contribution in [-0.4, -0.2) is 33.3 Å². The maximum atomic E-state index is 4.33. The third kappa shape index (κ3) is 4.09. The summed E-state index contributed by atoms with van der Waals surface area (Å²) < 4.78 is 2.32. The first-order chi connectivity index (χ1) is 11.1. The van der Waals surface area contributed by atoms with E-state index in [9.17, 15) is 0 Å². The minimum absolute atomic E-state index is 0.637. The molecule has 9 heteroatoms. The molecule has 3 aromatic heterocycles. The zero-order valence-corrected chi connectivity index (χ0v) is 16.5. The fourth-order valence-electron chi connectivity index (χ4n) is 2.14. The Morgan fingerprint density at radius 2 is 2.17 bits per heavy atom. The molecule has 0 fully saturated rings. The van der Waals surface area contributed by atoms with Gasteiger partial charge in [0, 0.05) is 22.4 Å². The lowest BCUT2D eigenvalue weighted by Gasteiger charge is -2.05. The Morgan fingerprint density at radius 3 is 2.91 bits per heavy atom. The largest absolute Gasteiger partial charge is 0.356 e. The Labute approximate surface area is 154 Å². The van der Waals surface area contributed by atoms with Gasteiger partial charge in [-0.3, -0.25) is 0 Å². The molecule has 0 saturated carbocycles. The number of nitrogens with zero attached hydrogens (tertiary/aromatic N) is 3. The van der Waals surface area contributed by atoms with Crippen LogP contribution in [0.2, 0.25) is 0 Å². The molecule has 0 aliphatic heterocycles. The van der Waals surface area contributed by atoms with Crippen molar-refractivity contribution in [3.63, 3.8) is 0 Å². The molecule has 0 radical (unpaired) electrons. The van der Waals surface area contributed by atoms with E-state index in [4.69, 9.17) is 0 Å². The summed E-state index contributed by atoms with van der Waals surface area (Å²) >= 11 is 8.90. The molecule has 3 N–H and O–H groups in total. The Balaban J connectivity index is 1.39. The molecular formula is C14H16Br2N6S. The second-order valence-electron chi connectivity index (χ2n) is 5.05. The van der Waals surface area contributed by atoms with Crippen molar-refractivity contribution in [3.05, 3.63) is 31.0 Å². The lowest BCUT2D eigenvalue weighted by molar-refractivity contribution is 0.666. The minimum atomic E-state index is 0.637. The van der Waals surface area contributed by atoms with E-state index in [1.165, 1.54) is 10.4 Å². The number of anilines is 1. The van der Waals surface area contributed by atoms with Crippen molar-refractivity contribution >= 4 is 60.3 Å². The maximum Gasteiger partial charge on any atom is 0.202 e. The lowest BCUT2D eigenvalue weighted by Crippen LogP contribution is -2.17. The van der Waals surface area contributed by atoms with E-state index in [0.29, 0.717) is 5.65 Å². The second kappa shape index (κ2) is 7.69. The second-order valence-corrected chi connectivity index (χ2v) is 8.27. The molecule has 122 valence electrons. The Bertz CT molecular complexity index is 767. The molecule has 0 aliphatic rings. The van der Waals surface area contributed by atoms with E-state index in [1.807, 2.05) is 6.07 Å². The molecule has 0 atom stereocenters. The number of hydrogen-bond donors (Lipinski definition) is 3. The Hall–Kier alpha value is -1.03. The van der Waals surface area contributed by atoms with Crippen LogP contribution in [0.1, 0.15) is 16.9 Å². The average molecular weight is 460 g/mol.